The average Bonchev–Trinajstić information content (AvgIpc) is 3.29. The number of hydrogen-bond acceptors (Lipinski definition) is 6. The summed E-state index contributed by atoms with van der Waals surface area (Å²) in [5.74, 6) is -0.569. The molecule has 2 aromatic rings. The molecule has 0 radical (unpaired) electrons. The summed E-state index contributed by atoms with van der Waals surface area (Å²) < 4.78 is 51.9. The van der Waals surface area contributed by atoms with Crippen LogP contribution in [0.3, 0.4) is 0 Å². The van der Waals surface area contributed by atoms with E-state index in [1.807, 2.05) is 6.07 Å². The molecule has 2 heterocycles. The monoisotopic (exact) mass is 609 g/mol. The lowest BCUT2D eigenvalue weighted by Gasteiger charge is -2.30. The van der Waals surface area contributed by atoms with Gasteiger partial charge in [0.15, 0.2) is 6.10 Å². The number of benzene rings is 2. The predicted octanol–water partition coefficient (Wildman–Crippen LogP) is 4.87. The molecule has 2 aliphatic heterocycles. The Morgan fingerprint density at radius 3 is 2.61 bits per heavy atom. The van der Waals surface area contributed by atoms with E-state index >= 15 is 0 Å². The van der Waals surface area contributed by atoms with Gasteiger partial charge < -0.3 is 24.9 Å². The van der Waals surface area contributed by atoms with Gasteiger partial charge in [0.05, 0.1) is 49.0 Å². The van der Waals surface area contributed by atoms with Gasteiger partial charge in [-0.3, -0.25) is 9.59 Å². The third-order valence-electron chi connectivity index (χ3n) is 9.73. The Balaban J connectivity index is 1.14. The first-order chi connectivity index (χ1) is 21.2. The molecule has 2 amide bonds. The molecule has 6 atom stereocenters. The maximum atomic E-state index is 13.9. The number of nitrogens with zero attached hydrogens (tertiary/aromatic N) is 1. The molecule has 8 nitrogen and oxygen atoms in total. The molecule has 1 saturated heterocycles. The van der Waals surface area contributed by atoms with Crippen LogP contribution in [0.15, 0.2) is 59.3 Å². The highest BCUT2D eigenvalue weighted by molar-refractivity contribution is 6.06. The van der Waals surface area contributed by atoms with Crippen LogP contribution >= 0.6 is 0 Å². The van der Waals surface area contributed by atoms with Crippen LogP contribution < -0.4 is 15.4 Å². The molecular formula is C33H34F3N3O5. The SMILES string of the molecule is COc1ccc(C2=NOC3COCC23)cc1C(=O)N[C@@H]1[C@@H]2CCC(/C2=C/C2CC2)[C@@H]1C(=O)NCc1ccccc1C(F)(F)F. The molecule has 7 rings (SSSR count). The van der Waals surface area contributed by atoms with Crippen molar-refractivity contribution in [1.29, 1.82) is 0 Å². The van der Waals surface area contributed by atoms with Gasteiger partial charge in [-0.1, -0.05) is 35.0 Å². The molecule has 44 heavy (non-hydrogen) atoms. The van der Waals surface area contributed by atoms with E-state index in [9.17, 15) is 22.8 Å². The van der Waals surface area contributed by atoms with Gasteiger partial charge in [-0.05, 0) is 67.3 Å². The summed E-state index contributed by atoms with van der Waals surface area (Å²) in [7, 11) is 1.49. The van der Waals surface area contributed by atoms with Crippen LogP contribution in [0.1, 0.15) is 52.7 Å². The summed E-state index contributed by atoms with van der Waals surface area (Å²) in [4.78, 5) is 33.2. The zero-order chi connectivity index (χ0) is 30.6. The van der Waals surface area contributed by atoms with Crippen LogP contribution in [0.25, 0.3) is 0 Å². The Labute approximate surface area is 253 Å². The summed E-state index contributed by atoms with van der Waals surface area (Å²) >= 11 is 0. The maximum absolute atomic E-state index is 13.9. The molecule has 11 heteroatoms. The Kier molecular flexibility index (Phi) is 7.39. The largest absolute Gasteiger partial charge is 0.496 e. The normalized spacial score (nSPS) is 29.7. The van der Waals surface area contributed by atoms with Gasteiger partial charge in [0.1, 0.15) is 5.75 Å². The highest BCUT2D eigenvalue weighted by Gasteiger charge is 2.55. The standard InChI is InChI=1S/C33H34F3N3O5/c1-42-26-11-8-18(29-24-15-43-16-27(24)44-39-29)13-23(26)31(40)38-30-21-10-9-20(22(21)12-17-6-7-17)28(30)32(41)37-14-19-4-2-3-5-25(19)33(34,35)36/h2-5,8,11-13,17,20-21,24,27-28,30H,6-7,9-10,14-16H2,1H3,(H,37,41)(H,38,40)/b22-12-/t20?,21-,24?,27?,28+,30-/m1/s1. The van der Waals surface area contributed by atoms with Crippen molar-refractivity contribution >= 4 is 17.5 Å². The predicted molar refractivity (Wildman–Crippen MR) is 154 cm³/mol. The number of methoxy groups -OCH3 is 1. The second kappa shape index (κ2) is 11.3. The molecule has 4 fully saturated rings. The molecular weight excluding hydrogens is 575 g/mol. The highest BCUT2D eigenvalue weighted by atomic mass is 19.4. The lowest BCUT2D eigenvalue weighted by molar-refractivity contribution is -0.138. The van der Waals surface area contributed by atoms with Crippen molar-refractivity contribution in [2.24, 2.45) is 34.7 Å². The number of carbonyl (C=O) groups is 2. The number of rotatable bonds is 8. The number of fused-ring (bicyclic) bond motifs is 3. The van der Waals surface area contributed by atoms with Crippen molar-refractivity contribution in [2.75, 3.05) is 20.3 Å². The van der Waals surface area contributed by atoms with Gasteiger partial charge in [0.2, 0.25) is 5.91 Å². The van der Waals surface area contributed by atoms with E-state index in [1.54, 1.807) is 12.1 Å². The fraction of sp³-hybridized carbons (Fsp3) is 0.485. The highest BCUT2D eigenvalue weighted by Crippen LogP contribution is 2.54. The second-order valence-corrected chi connectivity index (χ2v) is 12.4. The van der Waals surface area contributed by atoms with E-state index < -0.39 is 23.7 Å². The molecule has 3 unspecified atom stereocenters. The van der Waals surface area contributed by atoms with E-state index in [0.29, 0.717) is 30.4 Å². The van der Waals surface area contributed by atoms with Crippen LogP contribution in [-0.4, -0.2) is 50.0 Å². The summed E-state index contributed by atoms with van der Waals surface area (Å²) in [5, 5.41) is 10.2. The van der Waals surface area contributed by atoms with Gasteiger partial charge in [0, 0.05) is 24.1 Å². The average molecular weight is 610 g/mol. The number of ether oxygens (including phenoxy) is 2. The van der Waals surface area contributed by atoms with Gasteiger partial charge in [-0.25, -0.2) is 0 Å². The summed E-state index contributed by atoms with van der Waals surface area (Å²) in [6.07, 6.45) is 1.45. The molecule has 2 bridgehead atoms. The minimum absolute atomic E-state index is 0.00102. The minimum Gasteiger partial charge on any atom is -0.496 e. The van der Waals surface area contributed by atoms with E-state index in [0.717, 1.165) is 43.0 Å². The lowest BCUT2D eigenvalue weighted by atomic mass is 9.83. The lowest BCUT2D eigenvalue weighted by Crippen LogP contribution is -2.49. The van der Waals surface area contributed by atoms with E-state index in [2.05, 4.69) is 21.9 Å². The van der Waals surface area contributed by atoms with Crippen molar-refractivity contribution in [3.63, 3.8) is 0 Å². The Morgan fingerprint density at radius 2 is 1.84 bits per heavy atom. The fourth-order valence-corrected chi connectivity index (χ4v) is 7.44. The zero-order valence-corrected chi connectivity index (χ0v) is 24.2. The van der Waals surface area contributed by atoms with Crippen molar-refractivity contribution in [3.8, 4) is 5.75 Å². The van der Waals surface area contributed by atoms with Gasteiger partial charge in [-0.2, -0.15) is 13.2 Å². The van der Waals surface area contributed by atoms with Gasteiger partial charge in [0.25, 0.3) is 5.91 Å². The van der Waals surface area contributed by atoms with Gasteiger partial charge >= 0.3 is 6.18 Å². The number of carbonyl (C=O) groups excluding carboxylic acids is 2. The van der Waals surface area contributed by atoms with E-state index in [4.69, 9.17) is 14.3 Å². The molecule has 0 aromatic heterocycles. The quantitative estimate of drug-likeness (QED) is 0.417. The minimum atomic E-state index is -4.53. The Bertz CT molecular complexity index is 1530. The first-order valence-corrected chi connectivity index (χ1v) is 15.2. The number of amides is 2. The maximum Gasteiger partial charge on any atom is 0.416 e. The first-order valence-electron chi connectivity index (χ1n) is 15.2. The van der Waals surface area contributed by atoms with Crippen LogP contribution in [0.4, 0.5) is 13.2 Å². The smallest absolute Gasteiger partial charge is 0.416 e. The number of halogens is 3. The summed E-state index contributed by atoms with van der Waals surface area (Å²) in [6, 6.07) is 10.0. The number of alkyl halides is 3. The molecule has 3 aliphatic carbocycles. The van der Waals surface area contributed by atoms with Crippen LogP contribution in [0.5, 0.6) is 5.75 Å². The molecule has 3 saturated carbocycles. The van der Waals surface area contributed by atoms with Crippen molar-refractivity contribution in [2.45, 2.75) is 50.6 Å². The zero-order valence-electron chi connectivity index (χ0n) is 24.2. The van der Waals surface area contributed by atoms with Gasteiger partial charge in [-0.15, -0.1) is 0 Å². The van der Waals surface area contributed by atoms with Crippen LogP contribution in [-0.2, 0) is 27.1 Å². The topological polar surface area (TPSA) is 98.2 Å². The fourth-order valence-electron chi connectivity index (χ4n) is 7.44. The van der Waals surface area contributed by atoms with E-state index in [1.165, 1.54) is 30.9 Å². The van der Waals surface area contributed by atoms with Crippen molar-refractivity contribution in [3.05, 3.63) is 76.4 Å². The number of allylic oxidation sites excluding steroid dienone is 1. The number of oxime groups is 1. The molecule has 2 aromatic carbocycles. The number of nitrogens with one attached hydrogen (secondary N) is 2. The van der Waals surface area contributed by atoms with Crippen LogP contribution in [0, 0.1) is 29.6 Å². The summed E-state index contributed by atoms with van der Waals surface area (Å²) in [5.41, 5.74) is 2.18. The van der Waals surface area contributed by atoms with Crippen molar-refractivity contribution in [1.82, 2.24) is 10.6 Å². The molecule has 2 N–H and O–H groups in total. The molecule has 0 spiro atoms. The summed E-state index contributed by atoms with van der Waals surface area (Å²) in [6.45, 7) is 0.701. The third kappa shape index (κ3) is 5.25. The first kappa shape index (κ1) is 28.9. The van der Waals surface area contributed by atoms with Crippen molar-refractivity contribution < 1.29 is 37.1 Å². The van der Waals surface area contributed by atoms with E-state index in [-0.39, 0.29) is 47.8 Å². The van der Waals surface area contributed by atoms with Crippen LogP contribution in [0.2, 0.25) is 0 Å². The second-order valence-electron chi connectivity index (χ2n) is 12.4. The number of hydrogen-bond donors (Lipinski definition) is 2. The Hall–Kier alpha value is -3.86. The third-order valence-corrected chi connectivity index (χ3v) is 9.73. The molecule has 5 aliphatic rings. The Morgan fingerprint density at radius 1 is 1.05 bits per heavy atom. The molecule has 232 valence electrons.